The van der Waals surface area contributed by atoms with Crippen molar-refractivity contribution in [3.63, 3.8) is 0 Å². The lowest BCUT2D eigenvalue weighted by atomic mass is 10.2. The number of carbonyl (C=O) groups is 2. The van der Waals surface area contributed by atoms with Crippen molar-refractivity contribution in [1.29, 1.82) is 0 Å². The molecular weight excluding hydrogens is 420 g/mol. The molecule has 1 aliphatic rings. The van der Waals surface area contributed by atoms with E-state index in [9.17, 15) is 18.0 Å². The average molecular weight is 445 g/mol. The lowest BCUT2D eigenvalue weighted by Gasteiger charge is -2.26. The predicted octanol–water partition coefficient (Wildman–Crippen LogP) is 1.94. The Morgan fingerprint density at radius 1 is 1.31 bits per heavy atom. The van der Waals surface area contributed by atoms with Crippen LogP contribution < -0.4 is 0 Å². The largest absolute Gasteiger partial charge is 0.452 e. The van der Waals surface area contributed by atoms with Gasteiger partial charge in [-0.15, -0.1) is 0 Å². The zero-order chi connectivity index (χ0) is 21.6. The Labute approximate surface area is 176 Å². The summed E-state index contributed by atoms with van der Waals surface area (Å²) in [5.74, 6) is -1.17. The maximum Gasteiger partial charge on any atom is 0.338 e. The number of halogens is 1. The van der Waals surface area contributed by atoms with E-state index < -0.39 is 22.6 Å². The number of likely N-dealkylation sites (N-methyl/N-ethyl adjacent to an activating group) is 1. The Bertz CT molecular complexity index is 881. The topological polar surface area (TPSA) is 93.2 Å². The fraction of sp³-hybridized carbons (Fsp3) is 0.474. The molecule has 1 heterocycles. The molecule has 0 bridgehead atoms. The molecule has 1 aromatic carbocycles. The van der Waals surface area contributed by atoms with Crippen LogP contribution in [-0.2, 0) is 24.3 Å². The smallest absolute Gasteiger partial charge is 0.338 e. The fourth-order valence-electron chi connectivity index (χ4n) is 2.76. The van der Waals surface area contributed by atoms with Crippen LogP contribution in [0.3, 0.4) is 0 Å². The first-order valence-electron chi connectivity index (χ1n) is 9.13. The van der Waals surface area contributed by atoms with Gasteiger partial charge in [-0.3, -0.25) is 4.79 Å². The van der Waals surface area contributed by atoms with Gasteiger partial charge in [0, 0.05) is 26.2 Å². The van der Waals surface area contributed by atoms with Crippen LogP contribution in [0.1, 0.15) is 24.2 Å². The highest BCUT2D eigenvalue weighted by Crippen LogP contribution is 2.26. The quantitative estimate of drug-likeness (QED) is 0.449. The SMILES string of the molecule is C=C(C)CN(CC)C(=O)COC(=O)c1ccc(Cl)c(S(=O)(=O)N2CCOCC2)c1. The van der Waals surface area contributed by atoms with E-state index in [0.717, 1.165) is 5.57 Å². The van der Waals surface area contributed by atoms with Gasteiger partial charge >= 0.3 is 5.97 Å². The molecule has 1 aliphatic heterocycles. The van der Waals surface area contributed by atoms with E-state index >= 15 is 0 Å². The van der Waals surface area contributed by atoms with Gasteiger partial charge < -0.3 is 14.4 Å². The summed E-state index contributed by atoms with van der Waals surface area (Å²) in [5, 5.41) is 0.00253. The van der Waals surface area contributed by atoms with Gasteiger partial charge in [0.25, 0.3) is 5.91 Å². The maximum atomic E-state index is 12.8. The first-order valence-corrected chi connectivity index (χ1v) is 10.9. The van der Waals surface area contributed by atoms with Crippen molar-refractivity contribution in [2.45, 2.75) is 18.7 Å². The Balaban J connectivity index is 2.13. The highest BCUT2D eigenvalue weighted by Gasteiger charge is 2.29. The molecule has 0 aliphatic carbocycles. The molecule has 29 heavy (non-hydrogen) atoms. The van der Waals surface area contributed by atoms with Gasteiger partial charge in [0.1, 0.15) is 4.90 Å². The maximum absolute atomic E-state index is 12.8. The van der Waals surface area contributed by atoms with E-state index in [-0.39, 0.29) is 34.5 Å². The number of benzene rings is 1. The molecule has 0 atom stereocenters. The van der Waals surface area contributed by atoms with Gasteiger partial charge in [-0.25, -0.2) is 13.2 Å². The van der Waals surface area contributed by atoms with Crippen molar-refractivity contribution in [3.05, 3.63) is 40.9 Å². The number of hydrogen-bond donors (Lipinski definition) is 0. The number of esters is 1. The Morgan fingerprint density at radius 2 is 1.97 bits per heavy atom. The molecule has 0 spiro atoms. The molecular formula is C19H25ClN2O6S. The molecule has 0 radical (unpaired) electrons. The number of amides is 1. The highest BCUT2D eigenvalue weighted by molar-refractivity contribution is 7.89. The molecule has 0 aromatic heterocycles. The molecule has 1 fully saturated rings. The van der Waals surface area contributed by atoms with Gasteiger partial charge in [-0.2, -0.15) is 4.31 Å². The zero-order valence-electron chi connectivity index (χ0n) is 16.5. The monoisotopic (exact) mass is 444 g/mol. The van der Waals surface area contributed by atoms with Gasteiger partial charge in [-0.1, -0.05) is 23.8 Å². The Kier molecular flexibility index (Phi) is 8.21. The van der Waals surface area contributed by atoms with Crippen LogP contribution in [0.2, 0.25) is 5.02 Å². The summed E-state index contributed by atoms with van der Waals surface area (Å²) >= 11 is 6.08. The minimum atomic E-state index is -3.88. The first kappa shape index (κ1) is 23.3. The summed E-state index contributed by atoms with van der Waals surface area (Å²) in [4.78, 5) is 25.9. The third-order valence-electron chi connectivity index (χ3n) is 4.28. The molecule has 160 valence electrons. The van der Waals surface area contributed by atoms with Crippen molar-refractivity contribution < 1.29 is 27.5 Å². The summed E-state index contributed by atoms with van der Waals surface area (Å²) < 4.78 is 37.2. The van der Waals surface area contributed by atoms with Crippen LogP contribution >= 0.6 is 11.6 Å². The lowest BCUT2D eigenvalue weighted by Crippen LogP contribution is -2.40. The second-order valence-electron chi connectivity index (χ2n) is 6.60. The lowest BCUT2D eigenvalue weighted by molar-refractivity contribution is -0.133. The predicted molar refractivity (Wildman–Crippen MR) is 108 cm³/mol. The summed E-state index contributed by atoms with van der Waals surface area (Å²) in [5.41, 5.74) is 0.805. The Morgan fingerprint density at radius 3 is 2.55 bits per heavy atom. The molecule has 0 N–H and O–H groups in total. The van der Waals surface area contributed by atoms with E-state index in [1.54, 1.807) is 6.92 Å². The Hall–Kier alpha value is -1.94. The summed E-state index contributed by atoms with van der Waals surface area (Å²) in [7, 11) is -3.88. The second-order valence-corrected chi connectivity index (χ2v) is 8.92. The van der Waals surface area contributed by atoms with Crippen LogP contribution in [-0.4, -0.2) is 75.5 Å². The van der Waals surface area contributed by atoms with E-state index in [1.807, 2.05) is 6.92 Å². The van der Waals surface area contributed by atoms with Crippen molar-refractivity contribution in [2.75, 3.05) is 46.0 Å². The number of hydrogen-bond acceptors (Lipinski definition) is 6. The number of morpholine rings is 1. The normalized spacial score (nSPS) is 15.0. The van der Waals surface area contributed by atoms with Crippen LogP contribution in [0.5, 0.6) is 0 Å². The summed E-state index contributed by atoms with van der Waals surface area (Å²) in [6, 6.07) is 3.86. The van der Waals surface area contributed by atoms with Gasteiger partial charge in [0.15, 0.2) is 6.61 Å². The third kappa shape index (κ3) is 6.02. The minimum absolute atomic E-state index is 0.00253. The summed E-state index contributed by atoms with van der Waals surface area (Å²) in [6.45, 7) is 8.74. The first-order chi connectivity index (χ1) is 13.7. The average Bonchev–Trinajstić information content (AvgIpc) is 2.70. The standard InChI is InChI=1S/C19H25ClN2O6S/c1-4-21(12-14(2)3)18(23)13-28-19(24)15-5-6-16(20)17(11-15)29(25,26)22-7-9-27-10-8-22/h5-6,11H,2,4,7-10,12-13H2,1,3H3. The van der Waals surface area contributed by atoms with Crippen LogP contribution in [0, 0.1) is 0 Å². The van der Waals surface area contributed by atoms with Crippen molar-refractivity contribution in [3.8, 4) is 0 Å². The molecule has 2 rings (SSSR count). The van der Waals surface area contributed by atoms with Crippen LogP contribution in [0.15, 0.2) is 35.2 Å². The van der Waals surface area contributed by atoms with E-state index in [4.69, 9.17) is 21.1 Å². The number of sulfonamides is 1. The van der Waals surface area contributed by atoms with Crippen LogP contribution in [0.4, 0.5) is 0 Å². The van der Waals surface area contributed by atoms with E-state index in [2.05, 4.69) is 6.58 Å². The van der Waals surface area contributed by atoms with Crippen molar-refractivity contribution >= 4 is 33.5 Å². The number of carbonyl (C=O) groups excluding carboxylic acids is 2. The highest BCUT2D eigenvalue weighted by atomic mass is 35.5. The second kappa shape index (κ2) is 10.2. The number of rotatable bonds is 8. The van der Waals surface area contributed by atoms with Crippen molar-refractivity contribution in [2.24, 2.45) is 0 Å². The molecule has 1 aromatic rings. The molecule has 8 nitrogen and oxygen atoms in total. The van der Waals surface area contributed by atoms with Gasteiger partial charge in [0.05, 0.1) is 23.8 Å². The van der Waals surface area contributed by atoms with Gasteiger partial charge in [-0.05, 0) is 32.0 Å². The van der Waals surface area contributed by atoms with E-state index in [0.29, 0.717) is 26.3 Å². The molecule has 10 heteroatoms. The fourth-order valence-corrected chi connectivity index (χ4v) is 4.67. The molecule has 0 unspecified atom stereocenters. The van der Waals surface area contributed by atoms with Crippen molar-refractivity contribution in [1.82, 2.24) is 9.21 Å². The number of ether oxygens (including phenoxy) is 2. The van der Waals surface area contributed by atoms with Gasteiger partial charge in [0.2, 0.25) is 10.0 Å². The molecule has 1 saturated heterocycles. The third-order valence-corrected chi connectivity index (χ3v) is 6.66. The zero-order valence-corrected chi connectivity index (χ0v) is 18.1. The van der Waals surface area contributed by atoms with E-state index in [1.165, 1.54) is 27.4 Å². The molecule has 1 amide bonds. The minimum Gasteiger partial charge on any atom is -0.452 e. The van der Waals surface area contributed by atoms with Crippen LogP contribution in [0.25, 0.3) is 0 Å². The molecule has 0 saturated carbocycles. The summed E-state index contributed by atoms with van der Waals surface area (Å²) in [6.07, 6.45) is 0. The number of nitrogens with zero attached hydrogens (tertiary/aromatic N) is 2.